The number of hydrogen-bond donors (Lipinski definition) is 2. The highest BCUT2D eigenvalue weighted by Gasteiger charge is 2.26. The fraction of sp³-hybridized carbons (Fsp3) is 0.867. The van der Waals surface area contributed by atoms with Crippen molar-refractivity contribution in [1.29, 1.82) is 0 Å². The molecule has 1 unspecified atom stereocenters. The average molecular weight is 335 g/mol. The van der Waals surface area contributed by atoms with Gasteiger partial charge in [-0.05, 0) is 34.2 Å². The number of carbonyl (C=O) groups excluding carboxylic acids is 2. The first kappa shape index (κ1) is 21.1. The molecule has 0 bridgehead atoms. The second-order valence-corrected chi connectivity index (χ2v) is 6.45. The largest absolute Gasteiger partial charge is 0.350 e. The van der Waals surface area contributed by atoms with E-state index < -0.39 is 0 Å². The Labute approximate surface area is 140 Å². The summed E-state index contributed by atoms with van der Waals surface area (Å²) >= 11 is 0. The van der Waals surface area contributed by atoms with Gasteiger partial charge in [0.15, 0.2) is 0 Å². The van der Waals surface area contributed by atoms with Gasteiger partial charge in [0.2, 0.25) is 11.8 Å². The molecule has 2 N–H and O–H groups in total. The SMILES string of the molecule is CCC(C)(C)NC(=O)C(C)N(C)CC(=O)N1CCNCC1.Cl. The fourth-order valence-corrected chi connectivity index (χ4v) is 2.09. The molecule has 0 spiro atoms. The van der Waals surface area contributed by atoms with E-state index in [0.717, 1.165) is 32.6 Å². The molecule has 0 aromatic carbocycles. The van der Waals surface area contributed by atoms with E-state index in [-0.39, 0.29) is 42.3 Å². The molecule has 22 heavy (non-hydrogen) atoms. The lowest BCUT2D eigenvalue weighted by molar-refractivity contribution is -0.134. The summed E-state index contributed by atoms with van der Waals surface area (Å²) in [5.74, 6) is 0.0610. The van der Waals surface area contributed by atoms with Gasteiger partial charge < -0.3 is 15.5 Å². The highest BCUT2D eigenvalue weighted by molar-refractivity contribution is 5.85. The monoisotopic (exact) mass is 334 g/mol. The number of piperazine rings is 1. The Hall–Kier alpha value is -0.850. The molecule has 1 heterocycles. The van der Waals surface area contributed by atoms with Crippen molar-refractivity contribution in [3.8, 4) is 0 Å². The predicted octanol–water partition coefficient (Wildman–Crippen LogP) is 0.465. The fourth-order valence-electron chi connectivity index (χ4n) is 2.09. The minimum absolute atomic E-state index is 0. The maximum absolute atomic E-state index is 12.2. The zero-order chi connectivity index (χ0) is 16.0. The minimum Gasteiger partial charge on any atom is -0.350 e. The minimum atomic E-state index is -0.317. The summed E-state index contributed by atoms with van der Waals surface area (Å²) in [5.41, 5.74) is -0.214. The topological polar surface area (TPSA) is 64.7 Å². The summed E-state index contributed by atoms with van der Waals surface area (Å²) in [5, 5.41) is 6.25. The van der Waals surface area contributed by atoms with Crippen LogP contribution in [0.15, 0.2) is 0 Å². The van der Waals surface area contributed by atoms with E-state index in [9.17, 15) is 9.59 Å². The van der Waals surface area contributed by atoms with Crippen molar-refractivity contribution in [2.75, 3.05) is 39.8 Å². The molecule has 1 saturated heterocycles. The van der Waals surface area contributed by atoms with Gasteiger partial charge in [-0.15, -0.1) is 12.4 Å². The first-order valence-corrected chi connectivity index (χ1v) is 7.77. The summed E-state index contributed by atoms with van der Waals surface area (Å²) in [6.07, 6.45) is 0.870. The summed E-state index contributed by atoms with van der Waals surface area (Å²) < 4.78 is 0. The third kappa shape index (κ3) is 6.50. The van der Waals surface area contributed by atoms with Crippen LogP contribution in [-0.4, -0.2) is 73.0 Å². The Balaban J connectivity index is 0.00000441. The zero-order valence-corrected chi connectivity index (χ0v) is 15.3. The van der Waals surface area contributed by atoms with Crippen molar-refractivity contribution in [2.24, 2.45) is 0 Å². The van der Waals surface area contributed by atoms with E-state index in [1.807, 2.05) is 44.5 Å². The molecule has 1 atom stereocenters. The highest BCUT2D eigenvalue weighted by Crippen LogP contribution is 2.08. The van der Waals surface area contributed by atoms with Crippen LogP contribution in [0.2, 0.25) is 0 Å². The predicted molar refractivity (Wildman–Crippen MR) is 91.3 cm³/mol. The molecule has 0 radical (unpaired) electrons. The van der Waals surface area contributed by atoms with Crippen LogP contribution in [-0.2, 0) is 9.59 Å². The second-order valence-electron chi connectivity index (χ2n) is 6.45. The molecule has 1 rings (SSSR count). The third-order valence-electron chi connectivity index (χ3n) is 4.24. The quantitative estimate of drug-likeness (QED) is 0.741. The van der Waals surface area contributed by atoms with E-state index in [1.54, 1.807) is 0 Å². The number of nitrogens with zero attached hydrogens (tertiary/aromatic N) is 2. The second kappa shape index (κ2) is 9.33. The smallest absolute Gasteiger partial charge is 0.237 e. The summed E-state index contributed by atoms with van der Waals surface area (Å²) in [6, 6.07) is -0.317. The van der Waals surface area contributed by atoms with Crippen molar-refractivity contribution in [3.05, 3.63) is 0 Å². The van der Waals surface area contributed by atoms with Crippen LogP contribution >= 0.6 is 12.4 Å². The van der Waals surface area contributed by atoms with Crippen molar-refractivity contribution >= 4 is 24.2 Å². The van der Waals surface area contributed by atoms with E-state index in [4.69, 9.17) is 0 Å². The van der Waals surface area contributed by atoms with Gasteiger partial charge in [0, 0.05) is 31.7 Å². The van der Waals surface area contributed by atoms with Crippen LogP contribution < -0.4 is 10.6 Å². The van der Waals surface area contributed by atoms with Crippen LogP contribution in [0.25, 0.3) is 0 Å². The molecule has 1 aliphatic rings. The van der Waals surface area contributed by atoms with Gasteiger partial charge in [0.1, 0.15) is 0 Å². The molecule has 1 fully saturated rings. The highest BCUT2D eigenvalue weighted by atomic mass is 35.5. The van der Waals surface area contributed by atoms with Crippen LogP contribution in [0.3, 0.4) is 0 Å². The molecule has 0 aromatic heterocycles. The van der Waals surface area contributed by atoms with Gasteiger partial charge >= 0.3 is 0 Å². The standard InChI is InChI=1S/C15H30N4O2.ClH/c1-6-15(3,4)17-14(21)12(2)18(5)11-13(20)19-9-7-16-8-10-19;/h12,16H,6-11H2,1-5H3,(H,17,21);1H. The van der Waals surface area contributed by atoms with E-state index in [2.05, 4.69) is 10.6 Å². The molecule has 1 aliphatic heterocycles. The van der Waals surface area contributed by atoms with Gasteiger partial charge in [-0.1, -0.05) is 6.92 Å². The molecule has 0 aromatic rings. The Kier molecular flexibility index (Phi) is 8.96. The summed E-state index contributed by atoms with van der Waals surface area (Å²) in [6.45, 7) is 11.3. The molecular formula is C15H31ClN4O2. The maximum Gasteiger partial charge on any atom is 0.237 e. The number of halogens is 1. The van der Waals surface area contributed by atoms with Crippen molar-refractivity contribution < 1.29 is 9.59 Å². The number of carbonyl (C=O) groups is 2. The number of hydrogen-bond acceptors (Lipinski definition) is 4. The van der Waals surface area contributed by atoms with Gasteiger partial charge in [-0.3, -0.25) is 14.5 Å². The Morgan fingerprint density at radius 1 is 1.32 bits per heavy atom. The van der Waals surface area contributed by atoms with Gasteiger partial charge in [0.05, 0.1) is 12.6 Å². The van der Waals surface area contributed by atoms with E-state index in [0.29, 0.717) is 0 Å². The van der Waals surface area contributed by atoms with Crippen LogP contribution in [0, 0.1) is 0 Å². The van der Waals surface area contributed by atoms with Gasteiger partial charge in [-0.25, -0.2) is 0 Å². The lowest BCUT2D eigenvalue weighted by Crippen LogP contribution is -2.54. The summed E-state index contributed by atoms with van der Waals surface area (Å²) in [4.78, 5) is 28.1. The molecule has 7 heteroatoms. The van der Waals surface area contributed by atoms with Crippen LogP contribution in [0.4, 0.5) is 0 Å². The molecule has 2 amide bonds. The number of rotatable bonds is 6. The van der Waals surface area contributed by atoms with E-state index >= 15 is 0 Å². The lowest BCUT2D eigenvalue weighted by atomic mass is 10.0. The van der Waals surface area contributed by atoms with Crippen LogP contribution in [0.1, 0.15) is 34.1 Å². The van der Waals surface area contributed by atoms with Gasteiger partial charge in [0.25, 0.3) is 0 Å². The van der Waals surface area contributed by atoms with Crippen molar-refractivity contribution in [1.82, 2.24) is 20.4 Å². The third-order valence-corrected chi connectivity index (χ3v) is 4.24. The molecule has 0 aliphatic carbocycles. The van der Waals surface area contributed by atoms with Crippen LogP contribution in [0.5, 0.6) is 0 Å². The molecular weight excluding hydrogens is 304 g/mol. The maximum atomic E-state index is 12.2. The van der Waals surface area contributed by atoms with Crippen molar-refractivity contribution in [3.63, 3.8) is 0 Å². The Bertz CT molecular complexity index is 371. The zero-order valence-electron chi connectivity index (χ0n) is 14.4. The number of amides is 2. The lowest BCUT2D eigenvalue weighted by Gasteiger charge is -2.32. The number of nitrogens with one attached hydrogen (secondary N) is 2. The number of likely N-dealkylation sites (N-methyl/N-ethyl adjacent to an activating group) is 1. The summed E-state index contributed by atoms with van der Waals surface area (Å²) in [7, 11) is 1.82. The Morgan fingerprint density at radius 3 is 2.36 bits per heavy atom. The van der Waals surface area contributed by atoms with E-state index in [1.165, 1.54) is 0 Å². The first-order chi connectivity index (χ1) is 9.76. The first-order valence-electron chi connectivity index (χ1n) is 7.77. The Morgan fingerprint density at radius 2 is 1.86 bits per heavy atom. The van der Waals surface area contributed by atoms with Crippen molar-refractivity contribution in [2.45, 2.75) is 45.7 Å². The molecule has 6 nitrogen and oxygen atoms in total. The normalized spacial score (nSPS) is 16.9. The average Bonchev–Trinajstić information content (AvgIpc) is 2.46. The molecule has 130 valence electrons. The van der Waals surface area contributed by atoms with Gasteiger partial charge in [-0.2, -0.15) is 0 Å². The molecule has 0 saturated carbocycles.